The predicted molar refractivity (Wildman–Crippen MR) is 131 cm³/mol. The van der Waals surface area contributed by atoms with E-state index >= 15 is 0 Å². The van der Waals surface area contributed by atoms with Crippen molar-refractivity contribution in [3.63, 3.8) is 0 Å². The molecule has 3 aromatic rings. The maximum absolute atomic E-state index is 13.2. The van der Waals surface area contributed by atoms with Crippen molar-refractivity contribution in [2.75, 3.05) is 20.1 Å². The summed E-state index contributed by atoms with van der Waals surface area (Å²) in [4.78, 5) is 28.5. The Kier molecular flexibility index (Phi) is 7.60. The van der Waals surface area contributed by atoms with Gasteiger partial charge in [-0.15, -0.1) is 0 Å². The molecule has 1 amide bonds. The summed E-state index contributed by atoms with van der Waals surface area (Å²) in [5, 5.41) is 9.18. The number of likely N-dealkylation sites (tertiary alicyclic amines) is 1. The van der Waals surface area contributed by atoms with Crippen LogP contribution in [0.1, 0.15) is 33.5 Å². The number of carbonyl (C=O) groups is 2. The molecule has 0 bridgehead atoms. The van der Waals surface area contributed by atoms with E-state index in [0.29, 0.717) is 17.7 Å². The van der Waals surface area contributed by atoms with Gasteiger partial charge >= 0.3 is 5.97 Å². The van der Waals surface area contributed by atoms with Crippen LogP contribution in [0.25, 0.3) is 0 Å². The van der Waals surface area contributed by atoms with Crippen molar-refractivity contribution in [1.29, 1.82) is 0 Å². The van der Waals surface area contributed by atoms with Crippen LogP contribution in [0.3, 0.4) is 0 Å². The number of carboxylic acids is 1. The number of aliphatic carboxylic acids is 1. The van der Waals surface area contributed by atoms with Gasteiger partial charge in [-0.05, 0) is 29.7 Å². The first-order chi connectivity index (χ1) is 16.5. The molecular formula is C28H30N2O4. The highest BCUT2D eigenvalue weighted by atomic mass is 16.5. The van der Waals surface area contributed by atoms with Crippen molar-refractivity contribution in [3.05, 3.63) is 101 Å². The highest BCUT2D eigenvalue weighted by molar-refractivity contribution is 5.96. The van der Waals surface area contributed by atoms with Crippen molar-refractivity contribution in [2.24, 2.45) is 0 Å². The Labute approximate surface area is 200 Å². The van der Waals surface area contributed by atoms with Crippen LogP contribution in [-0.4, -0.2) is 53.0 Å². The molecule has 176 valence electrons. The van der Waals surface area contributed by atoms with Gasteiger partial charge < -0.3 is 14.7 Å². The highest BCUT2D eigenvalue weighted by Gasteiger charge is 2.30. The van der Waals surface area contributed by atoms with E-state index in [0.717, 1.165) is 42.9 Å². The van der Waals surface area contributed by atoms with Gasteiger partial charge in [0, 0.05) is 43.9 Å². The summed E-state index contributed by atoms with van der Waals surface area (Å²) < 4.78 is 6.11. The number of para-hydroxylation sites is 1. The van der Waals surface area contributed by atoms with Gasteiger partial charge in [-0.25, -0.2) is 0 Å². The van der Waals surface area contributed by atoms with Gasteiger partial charge in [0.1, 0.15) is 12.4 Å². The molecule has 6 heteroatoms. The number of likely N-dealkylation sites (N-methyl/N-ethyl adjacent to an activating group) is 1. The molecule has 0 saturated carbocycles. The number of benzene rings is 3. The molecule has 1 aliphatic rings. The van der Waals surface area contributed by atoms with Crippen molar-refractivity contribution >= 4 is 11.9 Å². The van der Waals surface area contributed by atoms with Gasteiger partial charge in [0.25, 0.3) is 5.91 Å². The van der Waals surface area contributed by atoms with E-state index in [1.54, 1.807) is 29.2 Å². The average Bonchev–Trinajstić information content (AvgIpc) is 3.32. The van der Waals surface area contributed by atoms with Crippen LogP contribution >= 0.6 is 0 Å². The minimum Gasteiger partial charge on any atom is -0.489 e. The van der Waals surface area contributed by atoms with E-state index in [4.69, 9.17) is 4.74 Å². The van der Waals surface area contributed by atoms with Crippen LogP contribution in [-0.2, 0) is 24.4 Å². The van der Waals surface area contributed by atoms with E-state index in [1.807, 2.05) is 43.4 Å². The quantitative estimate of drug-likeness (QED) is 0.519. The Morgan fingerprint density at radius 2 is 1.65 bits per heavy atom. The van der Waals surface area contributed by atoms with Crippen LogP contribution in [0.4, 0.5) is 0 Å². The number of hydrogen-bond donors (Lipinski definition) is 1. The van der Waals surface area contributed by atoms with Gasteiger partial charge in [-0.1, -0.05) is 66.7 Å². The molecular weight excluding hydrogens is 428 g/mol. The summed E-state index contributed by atoms with van der Waals surface area (Å²) in [6.45, 7) is 2.91. The van der Waals surface area contributed by atoms with Gasteiger partial charge in [-0.2, -0.15) is 0 Å². The van der Waals surface area contributed by atoms with Crippen molar-refractivity contribution in [3.8, 4) is 5.75 Å². The smallest absolute Gasteiger partial charge is 0.307 e. The van der Waals surface area contributed by atoms with Crippen LogP contribution in [0.2, 0.25) is 0 Å². The van der Waals surface area contributed by atoms with Gasteiger partial charge in [-0.3, -0.25) is 14.5 Å². The van der Waals surface area contributed by atoms with Crippen LogP contribution in [0.15, 0.2) is 78.9 Å². The lowest BCUT2D eigenvalue weighted by Crippen LogP contribution is -2.39. The fourth-order valence-electron chi connectivity index (χ4n) is 4.43. The first-order valence-electron chi connectivity index (χ1n) is 11.5. The molecule has 1 unspecified atom stereocenters. The molecule has 6 nitrogen and oxygen atoms in total. The number of nitrogens with zero attached hydrogens (tertiary/aromatic N) is 2. The molecule has 1 N–H and O–H groups in total. The second-order valence-electron chi connectivity index (χ2n) is 8.70. The van der Waals surface area contributed by atoms with E-state index in [-0.39, 0.29) is 18.4 Å². The molecule has 0 radical (unpaired) electrons. The van der Waals surface area contributed by atoms with Crippen molar-refractivity contribution in [1.82, 2.24) is 9.80 Å². The molecule has 0 aliphatic carbocycles. The molecule has 4 rings (SSSR count). The first kappa shape index (κ1) is 23.5. The summed E-state index contributed by atoms with van der Waals surface area (Å²) in [6.07, 6.45) is 0.711. The Hall–Kier alpha value is -3.64. The summed E-state index contributed by atoms with van der Waals surface area (Å²) in [6, 6.07) is 25.2. The van der Waals surface area contributed by atoms with E-state index in [2.05, 4.69) is 23.1 Å². The third kappa shape index (κ3) is 5.83. The molecule has 34 heavy (non-hydrogen) atoms. The molecule has 1 atom stereocenters. The minimum absolute atomic E-state index is 0.0720. The zero-order valence-corrected chi connectivity index (χ0v) is 19.4. The Balaban J connectivity index is 1.38. The zero-order chi connectivity index (χ0) is 23.9. The fraction of sp³-hybridized carbons (Fsp3) is 0.286. The summed E-state index contributed by atoms with van der Waals surface area (Å²) in [5.41, 5.74) is 3.26. The molecule has 1 heterocycles. The van der Waals surface area contributed by atoms with E-state index in [9.17, 15) is 14.7 Å². The number of carboxylic acid groups (broad SMARTS) is 1. The Morgan fingerprint density at radius 1 is 0.971 bits per heavy atom. The van der Waals surface area contributed by atoms with Crippen LogP contribution < -0.4 is 4.74 Å². The maximum Gasteiger partial charge on any atom is 0.307 e. The zero-order valence-electron chi connectivity index (χ0n) is 19.4. The number of hydrogen-bond acceptors (Lipinski definition) is 4. The van der Waals surface area contributed by atoms with E-state index in [1.165, 1.54) is 0 Å². The average molecular weight is 459 g/mol. The standard InChI is InChI=1S/C28H30N2O4/c1-29(28(33)25-13-7-5-11-22(25)17-27(31)32)24-15-16-30(19-24)18-23-12-6-8-14-26(23)34-20-21-9-3-2-4-10-21/h2-14,24H,15-20H2,1H3,(H,31,32). The van der Waals surface area contributed by atoms with Crippen LogP contribution in [0, 0.1) is 0 Å². The maximum atomic E-state index is 13.2. The van der Waals surface area contributed by atoms with Gasteiger partial charge in [0.15, 0.2) is 0 Å². The molecule has 3 aromatic carbocycles. The third-order valence-corrected chi connectivity index (χ3v) is 6.31. The predicted octanol–water partition coefficient (Wildman–Crippen LogP) is 4.24. The normalized spacial score (nSPS) is 15.7. The first-order valence-corrected chi connectivity index (χ1v) is 11.5. The van der Waals surface area contributed by atoms with Gasteiger partial charge in [0.2, 0.25) is 0 Å². The lowest BCUT2D eigenvalue weighted by atomic mass is 10.0. The SMILES string of the molecule is CN(C(=O)c1ccccc1CC(=O)O)C1CCN(Cc2ccccc2OCc2ccccc2)C1. The molecule has 1 aliphatic heterocycles. The minimum atomic E-state index is -0.942. The number of carbonyl (C=O) groups excluding carboxylic acids is 1. The lowest BCUT2D eigenvalue weighted by molar-refractivity contribution is -0.136. The number of rotatable bonds is 9. The van der Waals surface area contributed by atoms with E-state index < -0.39 is 5.97 Å². The number of ether oxygens (including phenoxy) is 1. The Morgan fingerprint density at radius 3 is 2.41 bits per heavy atom. The fourth-order valence-corrected chi connectivity index (χ4v) is 4.43. The molecule has 0 aromatic heterocycles. The van der Waals surface area contributed by atoms with Crippen molar-refractivity contribution in [2.45, 2.75) is 32.0 Å². The highest BCUT2D eigenvalue weighted by Crippen LogP contribution is 2.25. The molecule has 0 spiro atoms. The second kappa shape index (κ2) is 11.0. The second-order valence-corrected chi connectivity index (χ2v) is 8.70. The largest absolute Gasteiger partial charge is 0.489 e. The molecule has 1 saturated heterocycles. The summed E-state index contributed by atoms with van der Waals surface area (Å²) >= 11 is 0. The topological polar surface area (TPSA) is 70.1 Å². The molecule has 1 fully saturated rings. The monoisotopic (exact) mass is 458 g/mol. The summed E-state index contributed by atoms with van der Waals surface area (Å²) in [7, 11) is 1.81. The van der Waals surface area contributed by atoms with Crippen molar-refractivity contribution < 1.29 is 19.4 Å². The van der Waals surface area contributed by atoms with Crippen LogP contribution in [0.5, 0.6) is 5.75 Å². The Bertz CT molecular complexity index is 1130. The number of amides is 1. The van der Waals surface area contributed by atoms with Gasteiger partial charge in [0.05, 0.1) is 6.42 Å². The third-order valence-electron chi connectivity index (χ3n) is 6.31. The lowest BCUT2D eigenvalue weighted by Gasteiger charge is -2.26. The summed E-state index contributed by atoms with van der Waals surface area (Å²) in [5.74, 6) is -0.194.